The fourth-order valence-corrected chi connectivity index (χ4v) is 5.03. The first-order valence-corrected chi connectivity index (χ1v) is 13.9. The zero-order valence-electron chi connectivity index (χ0n) is 24.3. The molecular weight excluding hydrogens is 508 g/mol. The Labute approximate surface area is 236 Å². The molecular formula is C31H40N4O5. The molecule has 214 valence electrons. The minimum atomic E-state index is -0.792. The molecule has 0 saturated carbocycles. The number of nitrogens with zero attached hydrogens (tertiary/aromatic N) is 4. The number of imidazole rings is 1. The highest BCUT2D eigenvalue weighted by Crippen LogP contribution is 2.42. The number of aryl methyl sites for hydroxylation is 1. The van der Waals surface area contributed by atoms with Crippen LogP contribution < -0.4 is 9.47 Å². The van der Waals surface area contributed by atoms with Crippen molar-refractivity contribution in [2.24, 2.45) is 5.92 Å². The van der Waals surface area contributed by atoms with E-state index in [2.05, 4.69) is 18.8 Å². The van der Waals surface area contributed by atoms with Gasteiger partial charge in [0.05, 0.1) is 30.5 Å². The summed E-state index contributed by atoms with van der Waals surface area (Å²) in [6.45, 7) is 10.0. The molecule has 1 N–H and O–H groups in total. The van der Waals surface area contributed by atoms with Crippen molar-refractivity contribution in [1.82, 2.24) is 19.2 Å². The minimum Gasteiger partial charge on any atom is -0.505 e. The second-order valence-electron chi connectivity index (χ2n) is 10.8. The van der Waals surface area contributed by atoms with Crippen LogP contribution in [0.1, 0.15) is 56.6 Å². The van der Waals surface area contributed by atoms with Gasteiger partial charge in [-0.2, -0.15) is 0 Å². The Morgan fingerprint density at radius 1 is 1.12 bits per heavy atom. The Bertz CT molecular complexity index is 1410. The number of aliphatic hydroxyl groups excluding tert-OH is 1. The van der Waals surface area contributed by atoms with Crippen molar-refractivity contribution in [3.05, 3.63) is 65.1 Å². The number of hydrogen-bond acceptors (Lipinski definition) is 7. The molecule has 1 amide bonds. The van der Waals surface area contributed by atoms with Gasteiger partial charge < -0.3 is 24.4 Å². The number of aliphatic hydroxyl groups is 1. The van der Waals surface area contributed by atoms with Gasteiger partial charge in [0.2, 0.25) is 0 Å². The van der Waals surface area contributed by atoms with Crippen molar-refractivity contribution < 1.29 is 24.2 Å². The third-order valence-electron chi connectivity index (χ3n) is 7.01. The Kier molecular flexibility index (Phi) is 9.14. The number of ether oxygens (including phenoxy) is 2. The van der Waals surface area contributed by atoms with Crippen LogP contribution in [0.25, 0.3) is 11.4 Å². The number of pyridine rings is 1. The predicted molar refractivity (Wildman–Crippen MR) is 155 cm³/mol. The highest BCUT2D eigenvalue weighted by Gasteiger charge is 2.46. The van der Waals surface area contributed by atoms with Gasteiger partial charge in [0.1, 0.15) is 11.3 Å². The van der Waals surface area contributed by atoms with E-state index >= 15 is 0 Å². The molecule has 1 fully saturated rings. The average Bonchev–Trinajstić information content (AvgIpc) is 3.37. The summed E-state index contributed by atoms with van der Waals surface area (Å²) in [7, 11) is 3.93. The van der Waals surface area contributed by atoms with E-state index in [9.17, 15) is 14.7 Å². The summed E-state index contributed by atoms with van der Waals surface area (Å²) in [5.74, 6) is 0.0478. The molecule has 1 aromatic carbocycles. The number of fused-ring (bicyclic) bond motifs is 1. The number of rotatable bonds is 12. The summed E-state index contributed by atoms with van der Waals surface area (Å²) in [5.41, 5.74) is 2.30. The van der Waals surface area contributed by atoms with Gasteiger partial charge in [0, 0.05) is 12.7 Å². The van der Waals surface area contributed by atoms with Gasteiger partial charge in [0.25, 0.3) is 11.7 Å². The van der Waals surface area contributed by atoms with Crippen molar-refractivity contribution in [3.63, 3.8) is 0 Å². The normalized spacial score (nSPS) is 17.0. The number of hydrogen-bond donors (Lipinski definition) is 1. The third-order valence-corrected chi connectivity index (χ3v) is 7.01. The number of ketones is 1. The van der Waals surface area contributed by atoms with Crippen LogP contribution in [0.15, 0.2) is 48.2 Å². The van der Waals surface area contributed by atoms with Crippen LogP contribution in [0.4, 0.5) is 0 Å². The van der Waals surface area contributed by atoms with E-state index in [0.717, 1.165) is 13.0 Å². The van der Waals surface area contributed by atoms with Crippen molar-refractivity contribution in [1.29, 1.82) is 0 Å². The van der Waals surface area contributed by atoms with Crippen molar-refractivity contribution in [2.75, 3.05) is 40.4 Å². The maximum absolute atomic E-state index is 13.6. The number of carbonyl (C=O) groups is 2. The summed E-state index contributed by atoms with van der Waals surface area (Å²) in [6, 6.07) is 10.2. The molecule has 0 bridgehead atoms. The van der Waals surface area contributed by atoms with Crippen LogP contribution in [0.2, 0.25) is 0 Å². The molecule has 0 spiro atoms. The number of carbonyl (C=O) groups excluding carboxylic acids is 2. The fraction of sp³-hybridized carbons (Fsp3) is 0.452. The fourth-order valence-electron chi connectivity index (χ4n) is 5.03. The smallest absolute Gasteiger partial charge is 0.295 e. The summed E-state index contributed by atoms with van der Waals surface area (Å²) in [6.07, 6.45) is 3.35. The molecule has 1 unspecified atom stereocenters. The van der Waals surface area contributed by atoms with E-state index in [1.165, 1.54) is 0 Å². The van der Waals surface area contributed by atoms with Crippen LogP contribution >= 0.6 is 0 Å². The Morgan fingerprint density at radius 2 is 1.90 bits per heavy atom. The molecule has 3 aromatic rings. The molecule has 1 atom stereocenters. The van der Waals surface area contributed by atoms with Crippen LogP contribution in [0.5, 0.6) is 11.5 Å². The standard InChI is InChI=1S/C31H40N4O5/c1-7-39-24-19-22(12-13-23(24)40-18-14-20(2)3)28-26(30(37)31(38)35(28)17-10-15-33(5)6)29(36)27-21(4)32-25-11-8-9-16-34(25)27/h8-9,11-13,16,19-20,28,36H,7,10,14-15,17-18H2,1-6H3. The number of amides is 1. The van der Waals surface area contributed by atoms with E-state index in [0.29, 0.717) is 66.2 Å². The maximum atomic E-state index is 13.6. The zero-order chi connectivity index (χ0) is 29.0. The number of aromatic nitrogens is 2. The van der Waals surface area contributed by atoms with Crippen molar-refractivity contribution in [3.8, 4) is 11.5 Å². The third kappa shape index (κ3) is 5.99. The quantitative estimate of drug-likeness (QED) is 0.197. The van der Waals surface area contributed by atoms with Gasteiger partial charge in [-0.15, -0.1) is 0 Å². The number of benzene rings is 1. The molecule has 0 radical (unpaired) electrons. The van der Waals surface area contributed by atoms with Crippen molar-refractivity contribution in [2.45, 2.75) is 46.6 Å². The number of likely N-dealkylation sites (tertiary alicyclic amines) is 1. The van der Waals surface area contributed by atoms with Crippen LogP contribution in [-0.2, 0) is 9.59 Å². The predicted octanol–water partition coefficient (Wildman–Crippen LogP) is 4.84. The molecule has 40 heavy (non-hydrogen) atoms. The summed E-state index contributed by atoms with van der Waals surface area (Å²) >= 11 is 0. The van der Waals surface area contributed by atoms with E-state index in [4.69, 9.17) is 9.47 Å². The lowest BCUT2D eigenvalue weighted by Gasteiger charge is -2.26. The summed E-state index contributed by atoms with van der Waals surface area (Å²) in [4.78, 5) is 35.1. The monoisotopic (exact) mass is 548 g/mol. The Hall–Kier alpha value is -3.85. The van der Waals surface area contributed by atoms with Crippen LogP contribution in [0, 0.1) is 12.8 Å². The average molecular weight is 549 g/mol. The second-order valence-corrected chi connectivity index (χ2v) is 10.8. The first-order valence-electron chi connectivity index (χ1n) is 13.9. The summed E-state index contributed by atoms with van der Waals surface area (Å²) < 4.78 is 13.7. The van der Waals surface area contributed by atoms with Gasteiger partial charge in [-0.25, -0.2) is 4.98 Å². The van der Waals surface area contributed by atoms with Gasteiger partial charge >= 0.3 is 0 Å². The lowest BCUT2D eigenvalue weighted by atomic mass is 9.95. The first kappa shape index (κ1) is 29.1. The SMILES string of the molecule is CCOc1cc(C2C(=C(O)c3c(C)nc4ccccn34)C(=O)C(=O)N2CCCN(C)C)ccc1OCCC(C)C. The van der Waals surface area contributed by atoms with Gasteiger partial charge in [-0.05, 0) is 83.1 Å². The molecule has 1 saturated heterocycles. The minimum absolute atomic E-state index is 0.0412. The summed E-state index contributed by atoms with van der Waals surface area (Å²) in [5, 5.41) is 11.7. The van der Waals surface area contributed by atoms with Crippen molar-refractivity contribution >= 4 is 23.1 Å². The molecule has 1 aliphatic rings. The van der Waals surface area contributed by atoms with E-state index in [-0.39, 0.29) is 11.3 Å². The molecule has 4 rings (SSSR count). The van der Waals surface area contributed by atoms with E-state index in [1.807, 2.05) is 62.3 Å². The zero-order valence-corrected chi connectivity index (χ0v) is 24.3. The lowest BCUT2D eigenvalue weighted by molar-refractivity contribution is -0.139. The topological polar surface area (TPSA) is 96.6 Å². The van der Waals surface area contributed by atoms with Gasteiger partial charge in [-0.3, -0.25) is 14.0 Å². The molecule has 3 heterocycles. The highest BCUT2D eigenvalue weighted by atomic mass is 16.5. The van der Waals surface area contributed by atoms with E-state index in [1.54, 1.807) is 22.4 Å². The lowest BCUT2D eigenvalue weighted by Crippen LogP contribution is -2.32. The maximum Gasteiger partial charge on any atom is 0.295 e. The molecule has 0 aliphatic carbocycles. The second kappa shape index (κ2) is 12.6. The Balaban J connectivity index is 1.84. The Morgan fingerprint density at radius 3 is 2.60 bits per heavy atom. The number of Topliss-reactive ketones (excluding diaryl/α,β-unsaturated/α-hetero) is 1. The molecule has 2 aromatic heterocycles. The van der Waals surface area contributed by atoms with Crippen LogP contribution in [-0.4, -0.2) is 76.4 Å². The molecule has 1 aliphatic heterocycles. The van der Waals surface area contributed by atoms with Crippen LogP contribution in [0.3, 0.4) is 0 Å². The highest BCUT2D eigenvalue weighted by molar-refractivity contribution is 6.46. The first-order chi connectivity index (χ1) is 19.1. The molecule has 9 heteroatoms. The molecule has 9 nitrogen and oxygen atoms in total. The largest absolute Gasteiger partial charge is 0.505 e. The van der Waals surface area contributed by atoms with Gasteiger partial charge in [-0.1, -0.05) is 26.0 Å². The van der Waals surface area contributed by atoms with E-state index < -0.39 is 17.7 Å². The van der Waals surface area contributed by atoms with Gasteiger partial charge in [0.15, 0.2) is 17.3 Å².